The van der Waals surface area contributed by atoms with Crippen LogP contribution in [0.3, 0.4) is 0 Å². The van der Waals surface area contributed by atoms with Crippen LogP contribution in [0.5, 0.6) is 0 Å². The number of hydrogen-bond acceptors (Lipinski definition) is 1. The van der Waals surface area contributed by atoms with Crippen LogP contribution >= 0.6 is 0 Å². The van der Waals surface area contributed by atoms with Gasteiger partial charge in [-0.2, -0.15) is 0 Å². The number of allylic oxidation sites excluding steroid dienone is 1. The zero-order valence-corrected chi connectivity index (χ0v) is 12.4. The predicted octanol–water partition coefficient (Wildman–Crippen LogP) is 4.78. The van der Waals surface area contributed by atoms with Gasteiger partial charge in [0, 0.05) is 6.04 Å². The molecule has 0 heterocycles. The second-order valence-corrected chi connectivity index (χ2v) is 4.17. The van der Waals surface area contributed by atoms with Gasteiger partial charge in [0.1, 0.15) is 0 Å². The maximum atomic E-state index is 3.97. The van der Waals surface area contributed by atoms with E-state index >= 15 is 0 Å². The highest BCUT2D eigenvalue weighted by Crippen LogP contribution is 2.28. The van der Waals surface area contributed by atoms with Gasteiger partial charge in [-0.25, -0.2) is 0 Å². The minimum Gasteiger partial charge on any atom is -0.317 e. The minimum absolute atomic E-state index is 0.784. The van der Waals surface area contributed by atoms with Gasteiger partial charge in [0.2, 0.25) is 0 Å². The van der Waals surface area contributed by atoms with Gasteiger partial charge in [-0.15, -0.1) is 6.58 Å². The third kappa shape index (κ3) is 8.96. The number of hydrogen-bond donors (Lipinski definition) is 1. The zero-order chi connectivity index (χ0) is 13.0. The summed E-state index contributed by atoms with van der Waals surface area (Å²) in [6.07, 6.45) is 6.73. The van der Waals surface area contributed by atoms with Gasteiger partial charge in [-0.3, -0.25) is 0 Å². The quantitative estimate of drug-likeness (QED) is 0.684. The van der Waals surface area contributed by atoms with E-state index < -0.39 is 0 Å². The average molecular weight is 227 g/mol. The maximum absolute atomic E-state index is 3.97. The monoisotopic (exact) mass is 227 g/mol. The van der Waals surface area contributed by atoms with E-state index in [0.717, 1.165) is 12.0 Å². The lowest BCUT2D eigenvalue weighted by Crippen LogP contribution is -2.30. The fourth-order valence-corrected chi connectivity index (χ4v) is 2.15. The van der Waals surface area contributed by atoms with Crippen LogP contribution in [0.4, 0.5) is 0 Å². The summed E-state index contributed by atoms with van der Waals surface area (Å²) in [6, 6.07) is 0.784. The summed E-state index contributed by atoms with van der Waals surface area (Å²) in [5, 5.41) is 3.36. The highest BCUT2D eigenvalue weighted by molar-refractivity contribution is 4.92. The highest BCUT2D eigenvalue weighted by atomic mass is 14.9. The smallest absolute Gasteiger partial charge is 0.00642 e. The molecule has 0 radical (unpaired) electrons. The minimum atomic E-state index is 0.784. The highest BCUT2D eigenvalue weighted by Gasteiger charge is 2.19. The lowest BCUT2D eigenvalue weighted by atomic mass is 9.83. The van der Waals surface area contributed by atoms with Gasteiger partial charge >= 0.3 is 0 Å². The largest absolute Gasteiger partial charge is 0.317 e. The molecule has 1 N–H and O–H groups in total. The lowest BCUT2D eigenvalue weighted by molar-refractivity contribution is 0.300. The van der Waals surface area contributed by atoms with Crippen molar-refractivity contribution in [2.24, 2.45) is 5.92 Å². The molecule has 0 bridgehead atoms. The van der Waals surface area contributed by atoms with E-state index in [-0.39, 0.29) is 0 Å². The van der Waals surface area contributed by atoms with Gasteiger partial charge in [0.25, 0.3) is 0 Å². The molecule has 0 aromatic heterocycles. The van der Waals surface area contributed by atoms with Crippen LogP contribution in [0.15, 0.2) is 12.2 Å². The third-order valence-electron chi connectivity index (χ3n) is 2.89. The van der Waals surface area contributed by atoms with E-state index in [4.69, 9.17) is 0 Å². The summed E-state index contributed by atoms with van der Waals surface area (Å²) in [7, 11) is 2.07. The van der Waals surface area contributed by atoms with Crippen molar-refractivity contribution in [3.63, 3.8) is 0 Å². The Labute approximate surface area is 104 Å². The van der Waals surface area contributed by atoms with Crippen LogP contribution in [0, 0.1) is 5.92 Å². The van der Waals surface area contributed by atoms with E-state index in [9.17, 15) is 0 Å². The van der Waals surface area contributed by atoms with Crippen molar-refractivity contribution in [2.45, 2.75) is 72.8 Å². The molecule has 0 spiro atoms. The fraction of sp³-hybridized carbons (Fsp3) is 0.867. The van der Waals surface area contributed by atoms with Gasteiger partial charge in [-0.1, -0.05) is 33.3 Å². The molecular formula is C15H33N. The van der Waals surface area contributed by atoms with Crippen LogP contribution in [0.25, 0.3) is 0 Å². The summed E-state index contributed by atoms with van der Waals surface area (Å²) < 4.78 is 0. The van der Waals surface area contributed by atoms with Crippen molar-refractivity contribution in [2.75, 3.05) is 7.05 Å². The van der Waals surface area contributed by atoms with Gasteiger partial charge in [0.05, 0.1) is 0 Å². The molecular weight excluding hydrogens is 194 g/mol. The topological polar surface area (TPSA) is 12.0 Å². The molecule has 0 amide bonds. The Balaban J connectivity index is 0. The molecule has 1 aliphatic carbocycles. The summed E-state index contributed by atoms with van der Waals surface area (Å²) in [4.78, 5) is 0. The van der Waals surface area contributed by atoms with Crippen molar-refractivity contribution in [3.05, 3.63) is 12.2 Å². The van der Waals surface area contributed by atoms with E-state index in [1.165, 1.54) is 37.7 Å². The molecule has 0 aromatic carbocycles. The van der Waals surface area contributed by atoms with Gasteiger partial charge in [-0.05, 0) is 52.0 Å². The molecule has 0 aromatic rings. The first-order chi connectivity index (χ1) is 7.72. The molecule has 0 unspecified atom stereocenters. The first-order valence-corrected chi connectivity index (χ1v) is 7.04. The third-order valence-corrected chi connectivity index (χ3v) is 2.89. The van der Waals surface area contributed by atoms with Crippen molar-refractivity contribution in [1.29, 1.82) is 0 Å². The van der Waals surface area contributed by atoms with E-state index in [2.05, 4.69) is 25.9 Å². The molecule has 1 heteroatoms. The SMILES string of the molecule is C=C(C)CC1CCC(NC)CC1.CC.CC. The van der Waals surface area contributed by atoms with Crippen LogP contribution in [0.2, 0.25) is 0 Å². The second kappa shape index (κ2) is 12.8. The maximum Gasteiger partial charge on any atom is 0.00642 e. The number of nitrogens with one attached hydrogen (secondary N) is 1. The van der Waals surface area contributed by atoms with Crippen LogP contribution in [0.1, 0.15) is 66.7 Å². The molecule has 0 atom stereocenters. The summed E-state index contributed by atoms with van der Waals surface area (Å²) in [6.45, 7) is 14.1. The predicted molar refractivity (Wildman–Crippen MR) is 76.9 cm³/mol. The Morgan fingerprint density at radius 3 is 1.81 bits per heavy atom. The van der Waals surface area contributed by atoms with Gasteiger partial charge < -0.3 is 5.32 Å². The summed E-state index contributed by atoms with van der Waals surface area (Å²) >= 11 is 0. The van der Waals surface area contributed by atoms with E-state index in [1.807, 2.05) is 27.7 Å². The zero-order valence-electron chi connectivity index (χ0n) is 12.4. The molecule has 98 valence electrons. The Morgan fingerprint density at radius 1 is 1.06 bits per heavy atom. The number of rotatable bonds is 3. The summed E-state index contributed by atoms with van der Waals surface area (Å²) in [5.41, 5.74) is 1.35. The first kappa shape index (κ1) is 18.1. The normalized spacial score (nSPS) is 23.4. The lowest BCUT2D eigenvalue weighted by Gasteiger charge is -2.28. The Kier molecular flexibility index (Phi) is 14.4. The molecule has 16 heavy (non-hydrogen) atoms. The second-order valence-electron chi connectivity index (χ2n) is 4.17. The fourth-order valence-electron chi connectivity index (χ4n) is 2.15. The van der Waals surface area contributed by atoms with Crippen LogP contribution < -0.4 is 5.32 Å². The van der Waals surface area contributed by atoms with Crippen molar-refractivity contribution < 1.29 is 0 Å². The molecule has 1 aliphatic rings. The Bertz CT molecular complexity index is 144. The standard InChI is InChI=1S/C11H21N.2C2H6/c1-9(2)8-10-4-6-11(12-3)7-5-10;2*1-2/h10-12H,1,4-8H2,2-3H3;2*1-2H3. The molecule has 1 saturated carbocycles. The molecule has 1 nitrogen and oxygen atoms in total. The van der Waals surface area contributed by atoms with Crippen molar-refractivity contribution >= 4 is 0 Å². The van der Waals surface area contributed by atoms with Gasteiger partial charge in [0.15, 0.2) is 0 Å². The molecule has 1 rings (SSSR count). The van der Waals surface area contributed by atoms with Crippen LogP contribution in [-0.2, 0) is 0 Å². The Morgan fingerprint density at radius 2 is 1.50 bits per heavy atom. The molecule has 0 saturated heterocycles. The average Bonchev–Trinajstić information content (AvgIpc) is 2.34. The Hall–Kier alpha value is -0.300. The van der Waals surface area contributed by atoms with Crippen LogP contribution in [-0.4, -0.2) is 13.1 Å². The molecule has 0 aliphatic heterocycles. The van der Waals surface area contributed by atoms with Crippen molar-refractivity contribution in [3.8, 4) is 0 Å². The van der Waals surface area contributed by atoms with E-state index in [0.29, 0.717) is 0 Å². The van der Waals surface area contributed by atoms with E-state index in [1.54, 1.807) is 0 Å². The molecule has 1 fully saturated rings. The summed E-state index contributed by atoms with van der Waals surface area (Å²) in [5.74, 6) is 0.923. The van der Waals surface area contributed by atoms with Crippen molar-refractivity contribution in [1.82, 2.24) is 5.32 Å². The first-order valence-electron chi connectivity index (χ1n) is 7.04.